The van der Waals surface area contributed by atoms with Crippen molar-refractivity contribution in [1.82, 2.24) is 5.32 Å². The summed E-state index contributed by atoms with van der Waals surface area (Å²) in [6, 6.07) is 13.9. The van der Waals surface area contributed by atoms with Crippen LogP contribution >= 0.6 is 12.4 Å². The van der Waals surface area contributed by atoms with Gasteiger partial charge in [0.2, 0.25) is 5.91 Å². The zero-order valence-electron chi connectivity index (χ0n) is 14.1. The van der Waals surface area contributed by atoms with Crippen molar-refractivity contribution in [2.75, 3.05) is 18.4 Å². The SMILES string of the molecule is Cl.O=C(CCC1CCNCC1)Nc1ccc2c(c1)oc1ccccc12. The van der Waals surface area contributed by atoms with Crippen molar-refractivity contribution in [2.24, 2.45) is 5.92 Å². The average molecular weight is 359 g/mol. The number of fused-ring (bicyclic) bond motifs is 3. The van der Waals surface area contributed by atoms with E-state index in [0.717, 1.165) is 47.1 Å². The summed E-state index contributed by atoms with van der Waals surface area (Å²) in [5.74, 6) is 0.763. The molecular weight excluding hydrogens is 336 g/mol. The molecule has 2 N–H and O–H groups in total. The van der Waals surface area contributed by atoms with Crippen LogP contribution in [0.25, 0.3) is 21.9 Å². The van der Waals surface area contributed by atoms with Crippen LogP contribution in [0.4, 0.5) is 5.69 Å². The third kappa shape index (κ3) is 3.97. The lowest BCUT2D eigenvalue weighted by Crippen LogP contribution is -2.28. The number of hydrogen-bond acceptors (Lipinski definition) is 3. The molecule has 1 fully saturated rings. The minimum absolute atomic E-state index is 0. The Kier molecular flexibility index (Phi) is 5.61. The molecule has 0 atom stereocenters. The fourth-order valence-electron chi connectivity index (χ4n) is 3.53. The number of carbonyl (C=O) groups is 1. The number of furan rings is 1. The van der Waals surface area contributed by atoms with Gasteiger partial charge in [0.15, 0.2) is 0 Å². The van der Waals surface area contributed by atoms with E-state index in [1.807, 2.05) is 36.4 Å². The molecule has 1 amide bonds. The summed E-state index contributed by atoms with van der Waals surface area (Å²) in [5, 5.41) is 8.55. The first kappa shape index (κ1) is 17.8. The van der Waals surface area contributed by atoms with Crippen molar-refractivity contribution in [3.05, 3.63) is 42.5 Å². The highest BCUT2D eigenvalue weighted by Crippen LogP contribution is 2.30. The highest BCUT2D eigenvalue weighted by atomic mass is 35.5. The Bertz CT molecular complexity index is 868. The van der Waals surface area contributed by atoms with Gasteiger partial charge < -0.3 is 15.1 Å². The van der Waals surface area contributed by atoms with E-state index in [9.17, 15) is 4.79 Å². The van der Waals surface area contributed by atoms with Crippen LogP contribution in [-0.2, 0) is 4.79 Å². The maximum Gasteiger partial charge on any atom is 0.224 e. The van der Waals surface area contributed by atoms with Crippen LogP contribution in [0.5, 0.6) is 0 Å². The van der Waals surface area contributed by atoms with Crippen LogP contribution in [0.2, 0.25) is 0 Å². The van der Waals surface area contributed by atoms with Crippen LogP contribution in [-0.4, -0.2) is 19.0 Å². The molecule has 2 aromatic carbocycles. The van der Waals surface area contributed by atoms with Gasteiger partial charge in [0, 0.05) is 28.9 Å². The summed E-state index contributed by atoms with van der Waals surface area (Å²) in [6.07, 6.45) is 3.92. The predicted molar refractivity (Wildman–Crippen MR) is 104 cm³/mol. The van der Waals surface area contributed by atoms with E-state index in [0.29, 0.717) is 12.3 Å². The smallest absolute Gasteiger partial charge is 0.224 e. The number of piperidine rings is 1. The van der Waals surface area contributed by atoms with E-state index < -0.39 is 0 Å². The molecule has 1 aromatic heterocycles. The van der Waals surface area contributed by atoms with Gasteiger partial charge in [0.25, 0.3) is 0 Å². The molecule has 0 bridgehead atoms. The second-order valence-electron chi connectivity index (χ2n) is 6.59. The minimum atomic E-state index is 0. The predicted octanol–water partition coefficient (Wildman–Crippen LogP) is 4.73. The van der Waals surface area contributed by atoms with E-state index in [-0.39, 0.29) is 18.3 Å². The molecule has 1 aliphatic heterocycles. The molecule has 2 heterocycles. The number of rotatable bonds is 4. The minimum Gasteiger partial charge on any atom is -0.456 e. The van der Waals surface area contributed by atoms with Gasteiger partial charge in [-0.2, -0.15) is 0 Å². The highest BCUT2D eigenvalue weighted by molar-refractivity contribution is 6.06. The molecule has 0 unspecified atom stereocenters. The zero-order valence-corrected chi connectivity index (χ0v) is 14.9. The van der Waals surface area contributed by atoms with Gasteiger partial charge in [-0.25, -0.2) is 0 Å². The molecular formula is C20H23ClN2O2. The summed E-state index contributed by atoms with van der Waals surface area (Å²) in [4.78, 5) is 12.2. The number of hydrogen-bond donors (Lipinski definition) is 2. The topological polar surface area (TPSA) is 54.3 Å². The maximum absolute atomic E-state index is 12.2. The molecule has 0 saturated carbocycles. The number of para-hydroxylation sites is 1. The third-order valence-electron chi connectivity index (χ3n) is 4.90. The molecule has 1 saturated heterocycles. The number of benzene rings is 2. The van der Waals surface area contributed by atoms with Gasteiger partial charge in [-0.1, -0.05) is 18.2 Å². The number of carbonyl (C=O) groups excluding carboxylic acids is 1. The summed E-state index contributed by atoms with van der Waals surface area (Å²) in [5.41, 5.74) is 2.49. The Morgan fingerprint density at radius 3 is 2.68 bits per heavy atom. The van der Waals surface area contributed by atoms with E-state index in [4.69, 9.17) is 4.42 Å². The average Bonchev–Trinajstić information content (AvgIpc) is 2.98. The largest absolute Gasteiger partial charge is 0.456 e. The summed E-state index contributed by atoms with van der Waals surface area (Å²) < 4.78 is 5.87. The van der Waals surface area contributed by atoms with Gasteiger partial charge in [-0.3, -0.25) is 4.79 Å². The zero-order chi connectivity index (χ0) is 16.4. The van der Waals surface area contributed by atoms with Crippen LogP contribution in [0, 0.1) is 5.92 Å². The molecule has 5 heteroatoms. The van der Waals surface area contributed by atoms with Gasteiger partial charge in [0.05, 0.1) is 0 Å². The first-order valence-electron chi connectivity index (χ1n) is 8.71. The normalized spacial score (nSPS) is 15.2. The molecule has 1 aliphatic rings. The first-order valence-corrected chi connectivity index (χ1v) is 8.71. The monoisotopic (exact) mass is 358 g/mol. The second kappa shape index (κ2) is 7.89. The lowest BCUT2D eigenvalue weighted by atomic mass is 9.93. The Labute approximate surface area is 153 Å². The van der Waals surface area contributed by atoms with Crippen molar-refractivity contribution in [3.8, 4) is 0 Å². The van der Waals surface area contributed by atoms with Crippen LogP contribution in [0.15, 0.2) is 46.9 Å². The Balaban J connectivity index is 0.00000182. The van der Waals surface area contributed by atoms with E-state index >= 15 is 0 Å². The number of halogens is 1. The first-order chi connectivity index (χ1) is 11.8. The molecule has 0 aliphatic carbocycles. The number of anilines is 1. The van der Waals surface area contributed by atoms with Crippen LogP contribution in [0.1, 0.15) is 25.7 Å². The van der Waals surface area contributed by atoms with Gasteiger partial charge in [-0.15, -0.1) is 12.4 Å². The standard InChI is InChI=1S/C20H22N2O2.ClH/c23-20(8-5-14-9-11-21-12-10-14)22-15-6-7-17-16-3-1-2-4-18(16)24-19(17)13-15;/h1-4,6-7,13-14,21H,5,8-12H2,(H,22,23);1H. The highest BCUT2D eigenvalue weighted by Gasteiger charge is 2.15. The molecule has 0 spiro atoms. The molecule has 132 valence electrons. The van der Waals surface area contributed by atoms with Crippen molar-refractivity contribution in [3.63, 3.8) is 0 Å². The lowest BCUT2D eigenvalue weighted by molar-refractivity contribution is -0.116. The van der Waals surface area contributed by atoms with Crippen molar-refractivity contribution < 1.29 is 9.21 Å². The molecule has 4 rings (SSSR count). The molecule has 25 heavy (non-hydrogen) atoms. The fraction of sp³-hybridized carbons (Fsp3) is 0.350. The van der Waals surface area contributed by atoms with Crippen molar-refractivity contribution in [1.29, 1.82) is 0 Å². The maximum atomic E-state index is 12.2. The Hall–Kier alpha value is -2.04. The summed E-state index contributed by atoms with van der Waals surface area (Å²) in [6.45, 7) is 2.16. The van der Waals surface area contributed by atoms with E-state index in [2.05, 4.69) is 16.7 Å². The summed E-state index contributed by atoms with van der Waals surface area (Å²) in [7, 11) is 0. The van der Waals surface area contributed by atoms with Gasteiger partial charge >= 0.3 is 0 Å². The molecule has 3 aromatic rings. The third-order valence-corrected chi connectivity index (χ3v) is 4.90. The second-order valence-corrected chi connectivity index (χ2v) is 6.59. The quantitative estimate of drug-likeness (QED) is 0.709. The van der Waals surface area contributed by atoms with Crippen molar-refractivity contribution >= 4 is 45.9 Å². The van der Waals surface area contributed by atoms with Gasteiger partial charge in [0.1, 0.15) is 11.2 Å². The molecule has 4 nitrogen and oxygen atoms in total. The number of nitrogens with one attached hydrogen (secondary N) is 2. The van der Waals surface area contributed by atoms with Crippen molar-refractivity contribution in [2.45, 2.75) is 25.7 Å². The van der Waals surface area contributed by atoms with Crippen LogP contribution in [0.3, 0.4) is 0 Å². The molecule has 0 radical (unpaired) electrons. The van der Waals surface area contributed by atoms with Gasteiger partial charge in [-0.05, 0) is 56.5 Å². The Morgan fingerprint density at radius 1 is 1.08 bits per heavy atom. The van der Waals surface area contributed by atoms with E-state index in [1.165, 1.54) is 12.8 Å². The number of amides is 1. The Morgan fingerprint density at radius 2 is 1.84 bits per heavy atom. The van der Waals surface area contributed by atoms with E-state index in [1.54, 1.807) is 0 Å². The van der Waals surface area contributed by atoms with Crippen LogP contribution < -0.4 is 10.6 Å². The summed E-state index contributed by atoms with van der Waals surface area (Å²) >= 11 is 0. The lowest BCUT2D eigenvalue weighted by Gasteiger charge is -2.22. The fourth-order valence-corrected chi connectivity index (χ4v) is 3.53.